The van der Waals surface area contributed by atoms with Crippen molar-refractivity contribution < 1.29 is 35.9 Å². The van der Waals surface area contributed by atoms with Gasteiger partial charge in [-0.05, 0) is 49.2 Å². The second-order valence-electron chi connectivity index (χ2n) is 7.16. The minimum Gasteiger partial charge on any atom is -0.356 e. The highest BCUT2D eigenvalue weighted by atomic mass is 19.4. The number of alkyl halides is 6. The van der Waals surface area contributed by atoms with Gasteiger partial charge in [-0.3, -0.25) is 9.69 Å². The summed E-state index contributed by atoms with van der Waals surface area (Å²) >= 11 is 0. The molecule has 2 rings (SSSR count). The molecule has 2 N–H and O–H groups in total. The first-order valence-electron chi connectivity index (χ1n) is 10.1. The lowest BCUT2D eigenvalue weighted by molar-refractivity contribution is -0.138. The lowest BCUT2D eigenvalue weighted by atomic mass is 10.1. The number of rotatable bonds is 8. The SMILES string of the molecule is CCCC(=O)NCCCN(C(=O)Nc1cccc(C(F)(F)F)c1)c1cccc(C(F)(F)F)c1. The van der Waals surface area contributed by atoms with Crippen LogP contribution in [0.2, 0.25) is 0 Å². The number of carbonyl (C=O) groups is 2. The number of halogens is 6. The zero-order valence-corrected chi connectivity index (χ0v) is 17.7. The molecule has 11 heteroatoms. The summed E-state index contributed by atoms with van der Waals surface area (Å²) in [4.78, 5) is 25.4. The molecule has 33 heavy (non-hydrogen) atoms. The third-order valence-corrected chi connectivity index (χ3v) is 4.53. The van der Waals surface area contributed by atoms with Crippen LogP contribution in [0.4, 0.5) is 42.5 Å². The van der Waals surface area contributed by atoms with Gasteiger partial charge in [-0.2, -0.15) is 26.3 Å². The number of anilines is 2. The van der Waals surface area contributed by atoms with Crippen LogP contribution < -0.4 is 15.5 Å². The van der Waals surface area contributed by atoms with Crippen molar-refractivity contribution in [2.75, 3.05) is 23.3 Å². The van der Waals surface area contributed by atoms with Gasteiger partial charge in [-0.15, -0.1) is 0 Å². The van der Waals surface area contributed by atoms with Crippen LogP contribution in [0.1, 0.15) is 37.3 Å². The van der Waals surface area contributed by atoms with Crippen LogP contribution in [-0.2, 0) is 17.1 Å². The van der Waals surface area contributed by atoms with E-state index in [0.29, 0.717) is 12.8 Å². The number of amides is 3. The molecule has 0 aliphatic heterocycles. The Morgan fingerprint density at radius 1 is 0.909 bits per heavy atom. The maximum Gasteiger partial charge on any atom is 0.416 e. The average molecular weight is 475 g/mol. The summed E-state index contributed by atoms with van der Waals surface area (Å²) in [5.41, 5.74) is -2.21. The van der Waals surface area contributed by atoms with E-state index in [1.54, 1.807) is 0 Å². The van der Waals surface area contributed by atoms with Gasteiger partial charge in [-0.1, -0.05) is 19.1 Å². The van der Waals surface area contributed by atoms with Gasteiger partial charge >= 0.3 is 18.4 Å². The average Bonchev–Trinajstić information content (AvgIpc) is 2.73. The minimum atomic E-state index is -4.65. The molecule has 180 valence electrons. The summed E-state index contributed by atoms with van der Waals surface area (Å²) in [7, 11) is 0. The second-order valence-corrected chi connectivity index (χ2v) is 7.16. The zero-order chi connectivity index (χ0) is 24.6. The largest absolute Gasteiger partial charge is 0.416 e. The monoisotopic (exact) mass is 475 g/mol. The van der Waals surface area contributed by atoms with Crippen molar-refractivity contribution in [2.45, 2.75) is 38.5 Å². The number of nitrogens with zero attached hydrogens (tertiary/aromatic N) is 1. The molecule has 0 bridgehead atoms. The molecule has 0 aliphatic rings. The van der Waals surface area contributed by atoms with Gasteiger partial charge in [-0.25, -0.2) is 4.79 Å². The molecular formula is C22H23F6N3O2. The van der Waals surface area contributed by atoms with Gasteiger partial charge in [0.15, 0.2) is 0 Å². The Morgan fingerprint density at radius 3 is 2.12 bits per heavy atom. The van der Waals surface area contributed by atoms with Crippen molar-refractivity contribution in [2.24, 2.45) is 0 Å². The topological polar surface area (TPSA) is 61.4 Å². The quantitative estimate of drug-likeness (QED) is 0.360. The highest BCUT2D eigenvalue weighted by Crippen LogP contribution is 2.33. The Bertz CT molecular complexity index is 960. The summed E-state index contributed by atoms with van der Waals surface area (Å²) in [6, 6.07) is 7.04. The summed E-state index contributed by atoms with van der Waals surface area (Å²) in [5, 5.41) is 4.94. The van der Waals surface area contributed by atoms with Crippen LogP contribution in [0.3, 0.4) is 0 Å². The van der Waals surface area contributed by atoms with Gasteiger partial charge < -0.3 is 10.6 Å². The van der Waals surface area contributed by atoms with Crippen molar-refractivity contribution in [3.05, 3.63) is 59.7 Å². The maximum absolute atomic E-state index is 13.1. The number of carbonyl (C=O) groups excluding carboxylic acids is 2. The molecule has 3 amide bonds. The van der Waals surface area contributed by atoms with E-state index in [1.807, 2.05) is 6.92 Å². The van der Waals surface area contributed by atoms with Crippen molar-refractivity contribution >= 4 is 23.3 Å². The maximum atomic E-state index is 13.1. The van der Waals surface area contributed by atoms with Crippen molar-refractivity contribution in [3.63, 3.8) is 0 Å². The van der Waals surface area contributed by atoms with Gasteiger partial charge in [0.2, 0.25) is 5.91 Å². The van der Waals surface area contributed by atoms with Crippen LogP contribution in [0.25, 0.3) is 0 Å². The molecule has 2 aromatic rings. The van der Waals surface area contributed by atoms with Gasteiger partial charge in [0.1, 0.15) is 0 Å². The van der Waals surface area contributed by atoms with Crippen LogP contribution in [0.15, 0.2) is 48.5 Å². The first kappa shape index (κ1) is 26.0. The fourth-order valence-corrected chi connectivity index (χ4v) is 2.94. The van der Waals surface area contributed by atoms with Gasteiger partial charge in [0.05, 0.1) is 11.1 Å². The molecule has 0 atom stereocenters. The molecule has 0 saturated carbocycles. The zero-order valence-electron chi connectivity index (χ0n) is 17.7. The smallest absolute Gasteiger partial charge is 0.356 e. The van der Waals surface area contributed by atoms with Gasteiger partial charge in [0, 0.05) is 30.9 Å². The van der Waals surface area contributed by atoms with E-state index in [4.69, 9.17) is 0 Å². The summed E-state index contributed by atoms with van der Waals surface area (Å²) in [6.45, 7) is 1.91. The van der Waals surface area contributed by atoms with E-state index in [9.17, 15) is 35.9 Å². The molecular weight excluding hydrogens is 452 g/mol. The number of urea groups is 1. The third kappa shape index (κ3) is 7.99. The normalized spacial score (nSPS) is 11.7. The fraction of sp³-hybridized carbons (Fsp3) is 0.364. The van der Waals surface area contributed by atoms with Crippen molar-refractivity contribution in [1.29, 1.82) is 0 Å². The Hall–Kier alpha value is -3.24. The van der Waals surface area contributed by atoms with Gasteiger partial charge in [0.25, 0.3) is 0 Å². The molecule has 0 heterocycles. The highest BCUT2D eigenvalue weighted by molar-refractivity contribution is 6.01. The highest BCUT2D eigenvalue weighted by Gasteiger charge is 2.32. The van der Waals surface area contributed by atoms with E-state index in [0.717, 1.165) is 41.3 Å². The van der Waals surface area contributed by atoms with Crippen LogP contribution in [-0.4, -0.2) is 25.0 Å². The predicted molar refractivity (Wildman–Crippen MR) is 112 cm³/mol. The lowest BCUT2D eigenvalue weighted by Gasteiger charge is -2.24. The molecule has 0 radical (unpaired) electrons. The second kappa shape index (κ2) is 11.1. The van der Waals surface area contributed by atoms with Crippen LogP contribution >= 0.6 is 0 Å². The Balaban J connectivity index is 2.23. The molecule has 0 saturated heterocycles. The van der Waals surface area contributed by atoms with E-state index in [-0.39, 0.29) is 36.8 Å². The fourth-order valence-electron chi connectivity index (χ4n) is 2.94. The van der Waals surface area contributed by atoms with E-state index in [1.165, 1.54) is 12.1 Å². The number of hydrogen-bond donors (Lipinski definition) is 2. The van der Waals surface area contributed by atoms with Crippen LogP contribution in [0.5, 0.6) is 0 Å². The Morgan fingerprint density at radius 2 is 1.52 bits per heavy atom. The summed E-state index contributed by atoms with van der Waals surface area (Å²) < 4.78 is 78.2. The number of hydrogen-bond acceptors (Lipinski definition) is 2. The first-order valence-corrected chi connectivity index (χ1v) is 10.1. The molecule has 0 aliphatic carbocycles. The molecule has 0 unspecified atom stereocenters. The number of benzene rings is 2. The van der Waals surface area contributed by atoms with E-state index >= 15 is 0 Å². The molecule has 5 nitrogen and oxygen atoms in total. The van der Waals surface area contributed by atoms with Crippen LogP contribution in [0, 0.1) is 0 Å². The minimum absolute atomic E-state index is 0.0848. The Kier molecular flexibility index (Phi) is 8.72. The summed E-state index contributed by atoms with van der Waals surface area (Å²) in [6.07, 6.45) is -8.11. The lowest BCUT2D eigenvalue weighted by Crippen LogP contribution is -2.37. The molecule has 0 aromatic heterocycles. The van der Waals surface area contributed by atoms with Crippen molar-refractivity contribution in [1.82, 2.24) is 5.32 Å². The molecule has 2 aromatic carbocycles. The standard InChI is InChI=1S/C22H23F6N3O2/c1-2-6-19(32)29-11-5-12-31(18-10-4-8-16(14-18)22(26,27)28)20(33)30-17-9-3-7-15(13-17)21(23,24)25/h3-4,7-10,13-14H,2,5-6,11-12H2,1H3,(H,29,32)(H,30,33). The van der Waals surface area contributed by atoms with Crippen molar-refractivity contribution in [3.8, 4) is 0 Å². The molecule has 0 spiro atoms. The molecule has 0 fully saturated rings. The van der Waals surface area contributed by atoms with E-state index in [2.05, 4.69) is 10.6 Å². The first-order chi connectivity index (χ1) is 15.4. The Labute approximate surface area is 186 Å². The number of nitrogens with one attached hydrogen (secondary N) is 2. The van der Waals surface area contributed by atoms with E-state index < -0.39 is 29.5 Å². The predicted octanol–water partition coefficient (Wildman–Crippen LogP) is 6.07. The summed E-state index contributed by atoms with van der Waals surface area (Å²) in [5.74, 6) is -0.198. The third-order valence-electron chi connectivity index (χ3n) is 4.53.